The lowest BCUT2D eigenvalue weighted by Crippen LogP contribution is -2.50. The number of amides is 3. The fraction of sp³-hybridized carbons (Fsp3) is 0.167. The minimum Gasteiger partial charge on any atom is -0.323 e. The van der Waals surface area contributed by atoms with E-state index in [1.807, 2.05) is 25.1 Å². The molecule has 6 nitrogen and oxygen atoms in total. The minimum absolute atomic E-state index is 0.194. The fourth-order valence-corrected chi connectivity index (χ4v) is 3.15. The van der Waals surface area contributed by atoms with Crippen molar-refractivity contribution in [2.24, 2.45) is 0 Å². The van der Waals surface area contributed by atoms with Crippen molar-refractivity contribution < 1.29 is 14.4 Å². The van der Waals surface area contributed by atoms with E-state index in [2.05, 4.69) is 10.6 Å². The maximum Gasteiger partial charge on any atom is 0.257 e. The SMILES string of the molecule is Cc1ccc2c(c1)C(=O)N1Cc3ccccc3NC(=O)C1C(=O)N2. The molecule has 24 heavy (non-hydrogen) atoms. The van der Waals surface area contributed by atoms with Gasteiger partial charge in [-0.05, 0) is 30.7 Å². The fourth-order valence-electron chi connectivity index (χ4n) is 3.15. The number of rotatable bonds is 0. The smallest absolute Gasteiger partial charge is 0.257 e. The molecule has 2 aromatic carbocycles. The van der Waals surface area contributed by atoms with Crippen LogP contribution in [0.5, 0.6) is 0 Å². The lowest BCUT2D eigenvalue weighted by Gasteiger charge is -2.24. The van der Waals surface area contributed by atoms with Crippen LogP contribution in [0, 0.1) is 6.92 Å². The van der Waals surface area contributed by atoms with Crippen molar-refractivity contribution in [2.75, 3.05) is 10.6 Å². The highest BCUT2D eigenvalue weighted by molar-refractivity contribution is 6.20. The Bertz CT molecular complexity index is 891. The molecule has 0 saturated carbocycles. The molecule has 1 atom stereocenters. The Hall–Kier alpha value is -3.15. The number of carbonyl (C=O) groups is 3. The molecule has 0 saturated heterocycles. The van der Waals surface area contributed by atoms with E-state index < -0.39 is 17.9 Å². The standard InChI is InChI=1S/C18H15N3O3/c1-10-6-7-14-12(8-10)18(24)21-9-11-4-2-3-5-13(11)19-16(22)15(21)17(23)20-14/h2-8,15H,9H2,1H3,(H,19,22)(H,20,23). The number of aryl methyl sites for hydroxylation is 1. The molecular formula is C18H15N3O3. The van der Waals surface area contributed by atoms with Gasteiger partial charge < -0.3 is 15.5 Å². The highest BCUT2D eigenvalue weighted by Gasteiger charge is 2.42. The van der Waals surface area contributed by atoms with Gasteiger partial charge in [-0.15, -0.1) is 0 Å². The number of benzene rings is 2. The molecular weight excluding hydrogens is 306 g/mol. The van der Waals surface area contributed by atoms with Crippen LogP contribution in [0.2, 0.25) is 0 Å². The van der Waals surface area contributed by atoms with Crippen LogP contribution in [-0.2, 0) is 16.1 Å². The monoisotopic (exact) mass is 321 g/mol. The van der Waals surface area contributed by atoms with E-state index in [4.69, 9.17) is 0 Å². The first-order valence-electron chi connectivity index (χ1n) is 7.66. The molecule has 0 aliphatic carbocycles. The van der Waals surface area contributed by atoms with Gasteiger partial charge in [-0.2, -0.15) is 0 Å². The van der Waals surface area contributed by atoms with E-state index in [0.717, 1.165) is 11.1 Å². The van der Waals surface area contributed by atoms with Gasteiger partial charge in [0.2, 0.25) is 0 Å². The molecule has 0 fully saturated rings. The van der Waals surface area contributed by atoms with Gasteiger partial charge in [-0.25, -0.2) is 0 Å². The van der Waals surface area contributed by atoms with Gasteiger partial charge in [0.15, 0.2) is 6.04 Å². The molecule has 6 heteroatoms. The first kappa shape index (κ1) is 14.4. The van der Waals surface area contributed by atoms with Crippen molar-refractivity contribution in [3.63, 3.8) is 0 Å². The van der Waals surface area contributed by atoms with E-state index in [-0.39, 0.29) is 12.5 Å². The molecule has 2 aliphatic heterocycles. The van der Waals surface area contributed by atoms with E-state index >= 15 is 0 Å². The Morgan fingerprint density at radius 2 is 1.67 bits per heavy atom. The summed E-state index contributed by atoms with van der Waals surface area (Å²) in [6, 6.07) is 11.3. The molecule has 0 radical (unpaired) electrons. The van der Waals surface area contributed by atoms with Crippen molar-refractivity contribution >= 4 is 29.1 Å². The third kappa shape index (κ3) is 2.15. The van der Waals surface area contributed by atoms with Crippen LogP contribution < -0.4 is 10.6 Å². The largest absolute Gasteiger partial charge is 0.323 e. The maximum absolute atomic E-state index is 13.0. The maximum atomic E-state index is 13.0. The van der Waals surface area contributed by atoms with E-state index in [0.29, 0.717) is 16.9 Å². The van der Waals surface area contributed by atoms with Gasteiger partial charge in [0.25, 0.3) is 17.7 Å². The zero-order valence-corrected chi connectivity index (χ0v) is 13.0. The molecule has 3 amide bonds. The van der Waals surface area contributed by atoms with Crippen LogP contribution in [0.3, 0.4) is 0 Å². The highest BCUT2D eigenvalue weighted by atomic mass is 16.2. The van der Waals surface area contributed by atoms with Crippen molar-refractivity contribution in [3.8, 4) is 0 Å². The van der Waals surface area contributed by atoms with Gasteiger partial charge in [-0.3, -0.25) is 14.4 Å². The van der Waals surface area contributed by atoms with Gasteiger partial charge in [0.05, 0.1) is 11.3 Å². The molecule has 2 aromatic rings. The van der Waals surface area contributed by atoms with Crippen molar-refractivity contribution in [1.82, 2.24) is 4.90 Å². The number of carbonyl (C=O) groups excluding carboxylic acids is 3. The van der Waals surface area contributed by atoms with Crippen molar-refractivity contribution in [1.29, 1.82) is 0 Å². The minimum atomic E-state index is -1.20. The summed E-state index contributed by atoms with van der Waals surface area (Å²) in [5.74, 6) is -1.34. The van der Waals surface area contributed by atoms with Crippen LogP contribution in [-0.4, -0.2) is 28.7 Å². The van der Waals surface area contributed by atoms with Crippen LogP contribution in [0.4, 0.5) is 11.4 Å². The average molecular weight is 321 g/mol. The summed E-state index contributed by atoms with van der Waals surface area (Å²) < 4.78 is 0. The molecule has 120 valence electrons. The van der Waals surface area contributed by atoms with Gasteiger partial charge in [0.1, 0.15) is 0 Å². The average Bonchev–Trinajstić information content (AvgIpc) is 2.76. The van der Waals surface area contributed by atoms with E-state index in [1.165, 1.54) is 4.90 Å². The summed E-state index contributed by atoms with van der Waals surface area (Å²) in [7, 11) is 0. The molecule has 2 N–H and O–H groups in total. The Morgan fingerprint density at radius 1 is 0.958 bits per heavy atom. The summed E-state index contributed by atoms with van der Waals surface area (Å²) in [6.07, 6.45) is 0. The summed E-state index contributed by atoms with van der Waals surface area (Å²) in [4.78, 5) is 39.5. The number of nitrogens with zero attached hydrogens (tertiary/aromatic N) is 1. The second-order valence-electron chi connectivity index (χ2n) is 6.02. The molecule has 1 unspecified atom stereocenters. The lowest BCUT2D eigenvalue weighted by molar-refractivity contribution is -0.130. The lowest BCUT2D eigenvalue weighted by atomic mass is 10.1. The molecule has 0 bridgehead atoms. The van der Waals surface area contributed by atoms with Crippen molar-refractivity contribution in [2.45, 2.75) is 19.5 Å². The molecule has 0 aromatic heterocycles. The number of anilines is 2. The summed E-state index contributed by atoms with van der Waals surface area (Å²) in [5.41, 5.74) is 3.17. The van der Waals surface area contributed by atoms with Crippen LogP contribution >= 0.6 is 0 Å². The van der Waals surface area contributed by atoms with Crippen molar-refractivity contribution in [3.05, 3.63) is 59.2 Å². The molecule has 4 rings (SSSR count). The first-order valence-corrected chi connectivity index (χ1v) is 7.66. The third-order valence-electron chi connectivity index (χ3n) is 4.35. The van der Waals surface area contributed by atoms with Gasteiger partial charge in [0, 0.05) is 12.2 Å². The summed E-state index contributed by atoms with van der Waals surface area (Å²) >= 11 is 0. The second kappa shape index (κ2) is 5.19. The van der Waals surface area contributed by atoms with Gasteiger partial charge >= 0.3 is 0 Å². The van der Waals surface area contributed by atoms with Crippen LogP contribution in [0.25, 0.3) is 0 Å². The first-order chi connectivity index (χ1) is 11.5. The number of hydrogen-bond acceptors (Lipinski definition) is 3. The molecule has 2 heterocycles. The number of fused-ring (bicyclic) bond motifs is 3. The normalized spacial score (nSPS) is 19.3. The Labute approximate surface area is 138 Å². The molecule has 0 spiro atoms. The van der Waals surface area contributed by atoms with Crippen LogP contribution in [0.1, 0.15) is 21.5 Å². The second-order valence-corrected chi connectivity index (χ2v) is 6.02. The number of nitrogens with one attached hydrogen (secondary N) is 2. The topological polar surface area (TPSA) is 78.5 Å². The summed E-state index contributed by atoms with van der Waals surface area (Å²) in [6.45, 7) is 2.07. The third-order valence-corrected chi connectivity index (χ3v) is 4.35. The molecule has 2 aliphatic rings. The zero-order valence-electron chi connectivity index (χ0n) is 13.0. The Kier molecular flexibility index (Phi) is 3.13. The number of hydrogen-bond donors (Lipinski definition) is 2. The quantitative estimate of drug-likeness (QED) is 0.728. The zero-order chi connectivity index (χ0) is 16.8. The van der Waals surface area contributed by atoms with E-state index in [9.17, 15) is 14.4 Å². The predicted molar refractivity (Wildman–Crippen MR) is 88.5 cm³/mol. The van der Waals surface area contributed by atoms with E-state index in [1.54, 1.807) is 24.3 Å². The Balaban J connectivity index is 1.87. The highest BCUT2D eigenvalue weighted by Crippen LogP contribution is 2.30. The Morgan fingerprint density at radius 3 is 2.46 bits per heavy atom. The van der Waals surface area contributed by atoms with Gasteiger partial charge in [-0.1, -0.05) is 29.8 Å². The summed E-state index contributed by atoms with van der Waals surface area (Å²) in [5, 5.41) is 5.45. The number of para-hydroxylation sites is 1. The van der Waals surface area contributed by atoms with Crippen LogP contribution in [0.15, 0.2) is 42.5 Å². The predicted octanol–water partition coefficient (Wildman–Crippen LogP) is 1.91.